The second-order valence-corrected chi connectivity index (χ2v) is 7.38. The van der Waals surface area contributed by atoms with Gasteiger partial charge in [0.05, 0.1) is 19.3 Å². The molecule has 0 bridgehead atoms. The molecule has 3 aromatic rings. The summed E-state index contributed by atoms with van der Waals surface area (Å²) in [7, 11) is 1.61. The number of nitrogens with zero attached hydrogens (tertiary/aromatic N) is 3. The van der Waals surface area contributed by atoms with Crippen LogP contribution in [0.3, 0.4) is 0 Å². The average molecular weight is 443 g/mol. The molecular weight excluding hydrogens is 424 g/mol. The van der Waals surface area contributed by atoms with Crippen LogP contribution >= 0.6 is 15.9 Å². The highest BCUT2D eigenvalue weighted by Gasteiger charge is 2.29. The Kier molecular flexibility index (Phi) is 5.29. The Morgan fingerprint density at radius 1 is 1.29 bits per heavy atom. The number of rotatable bonds is 5. The van der Waals surface area contributed by atoms with Gasteiger partial charge in [-0.05, 0) is 40.2 Å². The number of hydrogen-bond acceptors (Lipinski definition) is 5. The Morgan fingerprint density at radius 2 is 2.14 bits per heavy atom. The van der Waals surface area contributed by atoms with Crippen molar-refractivity contribution in [2.24, 2.45) is 0 Å². The van der Waals surface area contributed by atoms with E-state index in [2.05, 4.69) is 31.1 Å². The molecule has 2 aromatic heterocycles. The Balaban J connectivity index is 1.43. The molecule has 1 aliphatic rings. The maximum Gasteiger partial charge on any atom is 0.272 e. The van der Waals surface area contributed by atoms with Crippen molar-refractivity contribution in [3.05, 3.63) is 58.8 Å². The molecule has 0 radical (unpaired) electrons. The van der Waals surface area contributed by atoms with E-state index in [1.165, 1.54) is 0 Å². The zero-order valence-electron chi connectivity index (χ0n) is 15.3. The number of benzene rings is 1. The molecule has 1 unspecified atom stereocenters. The smallest absolute Gasteiger partial charge is 0.272 e. The number of hydrogen-bond donors (Lipinski definition) is 1. The minimum atomic E-state index is -0.0940. The lowest BCUT2D eigenvalue weighted by Gasteiger charge is -2.16. The number of pyridine rings is 1. The standard InChI is InChI=1S/C20H19BrN4O3/c1-27-18-5-3-2-4-15(18)16-10-17(24-23-16)20(26)25-9-8-14(12-25)28-19-7-6-13(21)11-22-19/h2-7,10-11,14H,8-9,12H2,1H3,(H,23,24). The van der Waals surface area contributed by atoms with Crippen molar-refractivity contribution in [2.45, 2.75) is 12.5 Å². The molecular formula is C20H19BrN4O3. The molecule has 1 fully saturated rings. The van der Waals surface area contributed by atoms with Gasteiger partial charge in [-0.1, -0.05) is 12.1 Å². The van der Waals surface area contributed by atoms with Gasteiger partial charge in [0.25, 0.3) is 5.91 Å². The number of carbonyl (C=O) groups excluding carboxylic acids is 1. The third-order valence-electron chi connectivity index (χ3n) is 4.61. The number of para-hydroxylation sites is 1. The lowest BCUT2D eigenvalue weighted by Crippen LogP contribution is -2.31. The first-order chi connectivity index (χ1) is 13.6. The second-order valence-electron chi connectivity index (χ2n) is 6.46. The zero-order chi connectivity index (χ0) is 19.5. The van der Waals surface area contributed by atoms with E-state index in [0.29, 0.717) is 36.1 Å². The van der Waals surface area contributed by atoms with E-state index in [4.69, 9.17) is 9.47 Å². The van der Waals surface area contributed by atoms with Crippen molar-refractivity contribution in [3.63, 3.8) is 0 Å². The number of aromatic amines is 1. The zero-order valence-corrected chi connectivity index (χ0v) is 16.8. The molecule has 1 atom stereocenters. The van der Waals surface area contributed by atoms with Crippen LogP contribution in [-0.4, -0.2) is 52.3 Å². The molecule has 1 aliphatic heterocycles. The highest BCUT2D eigenvalue weighted by molar-refractivity contribution is 9.10. The normalized spacial score (nSPS) is 16.2. The van der Waals surface area contributed by atoms with Gasteiger partial charge in [0, 0.05) is 35.3 Å². The number of methoxy groups -OCH3 is 1. The minimum Gasteiger partial charge on any atom is -0.496 e. The molecule has 7 nitrogen and oxygen atoms in total. The fourth-order valence-corrected chi connectivity index (χ4v) is 3.44. The fourth-order valence-electron chi connectivity index (χ4n) is 3.21. The SMILES string of the molecule is COc1ccccc1-c1cc(C(=O)N2CCC(Oc3ccc(Br)cn3)C2)[nH]n1. The van der Waals surface area contributed by atoms with Gasteiger partial charge in [-0.2, -0.15) is 5.10 Å². The summed E-state index contributed by atoms with van der Waals surface area (Å²) in [6.07, 6.45) is 2.38. The van der Waals surface area contributed by atoms with Crippen LogP contribution in [0.1, 0.15) is 16.9 Å². The first-order valence-corrected chi connectivity index (χ1v) is 9.69. The van der Waals surface area contributed by atoms with Crippen molar-refractivity contribution in [2.75, 3.05) is 20.2 Å². The molecule has 1 N–H and O–H groups in total. The molecule has 0 spiro atoms. The average Bonchev–Trinajstić information content (AvgIpc) is 3.39. The van der Waals surface area contributed by atoms with Gasteiger partial charge in [0.15, 0.2) is 0 Å². The van der Waals surface area contributed by atoms with E-state index in [0.717, 1.165) is 16.5 Å². The van der Waals surface area contributed by atoms with E-state index in [-0.39, 0.29) is 12.0 Å². The summed E-state index contributed by atoms with van der Waals surface area (Å²) >= 11 is 3.35. The number of amides is 1. The van der Waals surface area contributed by atoms with E-state index in [9.17, 15) is 4.79 Å². The lowest BCUT2D eigenvalue weighted by atomic mass is 10.1. The summed E-state index contributed by atoms with van der Waals surface area (Å²) in [4.78, 5) is 18.8. The molecule has 28 heavy (non-hydrogen) atoms. The van der Waals surface area contributed by atoms with Gasteiger partial charge < -0.3 is 14.4 Å². The predicted octanol–water partition coefficient (Wildman–Crippen LogP) is 3.54. The van der Waals surface area contributed by atoms with E-state index in [1.54, 1.807) is 24.3 Å². The second kappa shape index (κ2) is 8.02. The molecule has 1 aromatic carbocycles. The number of carbonyl (C=O) groups is 1. The minimum absolute atomic E-state index is 0.0748. The number of ether oxygens (including phenoxy) is 2. The monoisotopic (exact) mass is 442 g/mol. The quantitative estimate of drug-likeness (QED) is 0.653. The molecule has 8 heteroatoms. The maximum atomic E-state index is 12.8. The Labute approximate surface area is 170 Å². The van der Waals surface area contributed by atoms with Crippen molar-refractivity contribution in [1.82, 2.24) is 20.1 Å². The highest BCUT2D eigenvalue weighted by atomic mass is 79.9. The van der Waals surface area contributed by atoms with E-state index >= 15 is 0 Å². The van der Waals surface area contributed by atoms with Crippen LogP contribution in [0.15, 0.2) is 53.1 Å². The molecule has 0 aliphatic carbocycles. The summed E-state index contributed by atoms with van der Waals surface area (Å²) in [5.74, 6) is 1.18. The Bertz CT molecular complexity index is 974. The topological polar surface area (TPSA) is 80.3 Å². The first-order valence-electron chi connectivity index (χ1n) is 8.90. The number of nitrogens with one attached hydrogen (secondary N) is 1. The lowest BCUT2D eigenvalue weighted by molar-refractivity contribution is 0.0765. The molecule has 4 rings (SSSR count). The van der Waals surface area contributed by atoms with Gasteiger partial charge in [0.2, 0.25) is 5.88 Å². The van der Waals surface area contributed by atoms with Crippen LogP contribution in [-0.2, 0) is 0 Å². The molecule has 1 saturated heterocycles. The maximum absolute atomic E-state index is 12.8. The Morgan fingerprint density at radius 3 is 2.93 bits per heavy atom. The van der Waals surface area contributed by atoms with Crippen molar-refractivity contribution < 1.29 is 14.3 Å². The van der Waals surface area contributed by atoms with Gasteiger partial charge in [-0.3, -0.25) is 9.89 Å². The molecule has 144 valence electrons. The van der Waals surface area contributed by atoms with Crippen LogP contribution in [0.25, 0.3) is 11.3 Å². The number of H-pyrrole nitrogens is 1. The number of likely N-dealkylation sites (tertiary alicyclic amines) is 1. The molecule has 3 heterocycles. The van der Waals surface area contributed by atoms with Crippen LogP contribution < -0.4 is 9.47 Å². The Hall–Kier alpha value is -2.87. The fraction of sp³-hybridized carbons (Fsp3) is 0.250. The predicted molar refractivity (Wildman–Crippen MR) is 107 cm³/mol. The van der Waals surface area contributed by atoms with E-state index < -0.39 is 0 Å². The van der Waals surface area contributed by atoms with Crippen molar-refractivity contribution in [1.29, 1.82) is 0 Å². The van der Waals surface area contributed by atoms with Crippen LogP contribution in [0.2, 0.25) is 0 Å². The van der Waals surface area contributed by atoms with Gasteiger partial charge >= 0.3 is 0 Å². The summed E-state index contributed by atoms with van der Waals surface area (Å²) in [5, 5.41) is 7.13. The third kappa shape index (κ3) is 3.87. The third-order valence-corrected chi connectivity index (χ3v) is 5.08. The van der Waals surface area contributed by atoms with Crippen LogP contribution in [0.5, 0.6) is 11.6 Å². The highest BCUT2D eigenvalue weighted by Crippen LogP contribution is 2.29. The number of halogens is 1. The van der Waals surface area contributed by atoms with E-state index in [1.807, 2.05) is 36.4 Å². The largest absolute Gasteiger partial charge is 0.496 e. The van der Waals surface area contributed by atoms with Gasteiger partial charge in [0.1, 0.15) is 17.5 Å². The summed E-state index contributed by atoms with van der Waals surface area (Å²) in [6.45, 7) is 1.14. The number of aromatic nitrogens is 3. The summed E-state index contributed by atoms with van der Waals surface area (Å²) in [5.41, 5.74) is 1.96. The van der Waals surface area contributed by atoms with Crippen LogP contribution in [0, 0.1) is 0 Å². The van der Waals surface area contributed by atoms with Gasteiger partial charge in [-0.15, -0.1) is 0 Å². The van der Waals surface area contributed by atoms with Crippen LogP contribution in [0.4, 0.5) is 0 Å². The van der Waals surface area contributed by atoms with Crippen molar-refractivity contribution in [3.8, 4) is 22.9 Å². The summed E-state index contributed by atoms with van der Waals surface area (Å²) < 4.78 is 12.2. The first kappa shape index (κ1) is 18.5. The summed E-state index contributed by atoms with van der Waals surface area (Å²) in [6, 6.07) is 13.0. The van der Waals surface area contributed by atoms with Crippen molar-refractivity contribution >= 4 is 21.8 Å². The van der Waals surface area contributed by atoms with Gasteiger partial charge in [-0.25, -0.2) is 4.98 Å². The molecule has 0 saturated carbocycles. The molecule has 1 amide bonds.